The van der Waals surface area contributed by atoms with Gasteiger partial charge in [0.25, 0.3) is 0 Å². The van der Waals surface area contributed by atoms with Gasteiger partial charge in [-0.05, 0) is 49.1 Å². The number of imidazole rings is 1. The Balaban J connectivity index is 1.26. The Morgan fingerprint density at radius 2 is 1.94 bits per heavy atom. The largest absolute Gasteiger partial charge is 0.496 e. The normalized spacial score (nSPS) is 15.8. The van der Waals surface area contributed by atoms with Gasteiger partial charge in [-0.2, -0.15) is 0 Å². The number of nitrogens with one attached hydrogen (secondary N) is 2. The lowest BCUT2D eigenvalue weighted by atomic mass is 9.94. The van der Waals surface area contributed by atoms with E-state index in [4.69, 9.17) is 19.2 Å². The minimum absolute atomic E-state index is 0.174. The average Bonchev–Trinajstić information content (AvgIpc) is 3.81. The van der Waals surface area contributed by atoms with Gasteiger partial charge in [0.15, 0.2) is 0 Å². The highest BCUT2D eigenvalue weighted by molar-refractivity contribution is 6.12. The number of likely N-dealkylation sites (N-methyl/N-ethyl adjacent to an activating group) is 1. The van der Waals surface area contributed by atoms with Crippen molar-refractivity contribution in [3.8, 4) is 16.9 Å². The van der Waals surface area contributed by atoms with Crippen LogP contribution in [0.25, 0.3) is 27.7 Å². The molecule has 2 aliphatic heterocycles. The maximum Gasteiger partial charge on any atom is 0.248 e. The van der Waals surface area contributed by atoms with Gasteiger partial charge in [0.05, 0.1) is 41.7 Å². The van der Waals surface area contributed by atoms with Crippen molar-refractivity contribution in [3.05, 3.63) is 88.5 Å². The Morgan fingerprint density at radius 3 is 2.65 bits per heavy atom. The van der Waals surface area contributed by atoms with E-state index < -0.39 is 29.0 Å². The number of carbonyl (C=O) groups excluding carboxylic acids is 2. The van der Waals surface area contributed by atoms with Crippen molar-refractivity contribution in [2.45, 2.75) is 32.4 Å². The lowest BCUT2D eigenvalue weighted by molar-refractivity contribution is -0.112. The van der Waals surface area contributed by atoms with E-state index in [-0.39, 0.29) is 11.6 Å². The average molecular weight is 699 g/mol. The van der Waals surface area contributed by atoms with Crippen LogP contribution in [0.3, 0.4) is 0 Å². The predicted octanol–water partition coefficient (Wildman–Crippen LogP) is 5.33. The molecule has 11 nitrogen and oxygen atoms in total. The number of nitrogens with zero attached hydrogens (tertiary/aromatic N) is 4. The summed E-state index contributed by atoms with van der Waals surface area (Å²) < 4.78 is 51.3. The van der Waals surface area contributed by atoms with E-state index in [2.05, 4.69) is 15.5 Å². The zero-order chi connectivity index (χ0) is 36.0. The van der Waals surface area contributed by atoms with Crippen molar-refractivity contribution >= 4 is 39.6 Å². The van der Waals surface area contributed by atoms with Gasteiger partial charge < -0.3 is 38.7 Å². The predicted molar refractivity (Wildman–Crippen MR) is 191 cm³/mol. The van der Waals surface area contributed by atoms with Gasteiger partial charge in [-0.3, -0.25) is 9.59 Å². The number of anilines is 2. The summed E-state index contributed by atoms with van der Waals surface area (Å²) in [6.45, 7) is 4.51. The summed E-state index contributed by atoms with van der Waals surface area (Å²) in [5.74, 6) is -1.93. The molecule has 1 atom stereocenters. The Morgan fingerprint density at radius 1 is 1.16 bits per heavy atom. The number of ether oxygens (including phenoxy) is 3. The van der Waals surface area contributed by atoms with Crippen molar-refractivity contribution in [2.24, 2.45) is 7.05 Å². The molecule has 266 valence electrons. The van der Waals surface area contributed by atoms with Crippen molar-refractivity contribution in [1.82, 2.24) is 19.3 Å². The minimum atomic E-state index is -1.05. The summed E-state index contributed by atoms with van der Waals surface area (Å²) in [5.41, 5.74) is 6.23. The van der Waals surface area contributed by atoms with Crippen LogP contribution in [-0.2, 0) is 34.3 Å². The summed E-state index contributed by atoms with van der Waals surface area (Å²) in [5, 5.41) is 5.50. The highest BCUT2D eigenvalue weighted by Gasteiger charge is 2.31. The third-order valence-corrected chi connectivity index (χ3v) is 9.87. The van der Waals surface area contributed by atoms with E-state index in [9.17, 15) is 9.59 Å². The number of carbonyl (C=O) groups is 2. The second-order valence-corrected chi connectivity index (χ2v) is 13.0. The Hall–Kier alpha value is -5.11. The number of hydrogen-bond acceptors (Lipinski definition) is 8. The fourth-order valence-electron chi connectivity index (χ4n) is 7.29. The Kier molecular flexibility index (Phi) is 9.36. The standard InChI is InChI=1S/C38H40F2N6O5/c1-21-24-10-14-44(2)37-32(29(50-5)18-28-34(37)42-30(20-49-4)45(28)3)25-8-7-13-46(36(24)25)35(21)38(48)22-16-26(39)33(27(40)17-22)43-31(47)9-6-12-41-23-11-15-51-19-23/h6-9,13,16-18,23,41H,10-12,14-15,19-20H2,1-5H3,(H,43,47)/b9-6+/t23-/m0/s1. The van der Waals surface area contributed by atoms with E-state index in [1.807, 2.05) is 43.8 Å². The zero-order valence-electron chi connectivity index (χ0n) is 29.2. The van der Waals surface area contributed by atoms with Gasteiger partial charge in [-0.1, -0.05) is 12.1 Å². The topological polar surface area (TPSA) is 111 Å². The first-order valence-electron chi connectivity index (χ1n) is 16.8. The molecule has 0 aliphatic carbocycles. The maximum atomic E-state index is 15.4. The van der Waals surface area contributed by atoms with Crippen LogP contribution in [0.1, 0.15) is 39.4 Å². The first-order valence-corrected chi connectivity index (χ1v) is 16.8. The van der Waals surface area contributed by atoms with Gasteiger partial charge in [-0.15, -0.1) is 0 Å². The molecule has 51 heavy (non-hydrogen) atoms. The number of hydrogen-bond donors (Lipinski definition) is 2. The molecule has 0 unspecified atom stereocenters. The number of halogens is 2. The molecule has 0 radical (unpaired) electrons. The van der Waals surface area contributed by atoms with Crippen molar-refractivity contribution in [3.63, 3.8) is 0 Å². The zero-order valence-corrected chi connectivity index (χ0v) is 29.2. The molecule has 0 saturated carbocycles. The number of methoxy groups -OCH3 is 2. The molecule has 1 saturated heterocycles. The van der Waals surface area contributed by atoms with E-state index >= 15 is 8.78 Å². The summed E-state index contributed by atoms with van der Waals surface area (Å²) in [4.78, 5) is 33.8. The monoisotopic (exact) mass is 698 g/mol. The van der Waals surface area contributed by atoms with Crippen LogP contribution in [0.15, 0.2) is 48.7 Å². The van der Waals surface area contributed by atoms with E-state index in [0.29, 0.717) is 56.3 Å². The van der Waals surface area contributed by atoms with Crippen molar-refractivity contribution in [1.29, 1.82) is 0 Å². The van der Waals surface area contributed by atoms with Crippen LogP contribution in [-0.4, -0.2) is 79.3 Å². The molecule has 13 heteroatoms. The number of amides is 1. The summed E-state index contributed by atoms with van der Waals surface area (Å²) in [7, 11) is 7.22. The molecule has 2 aliphatic rings. The van der Waals surface area contributed by atoms with Gasteiger partial charge in [0.1, 0.15) is 41.0 Å². The molecule has 7 rings (SSSR count). The van der Waals surface area contributed by atoms with Crippen LogP contribution in [0.2, 0.25) is 0 Å². The maximum absolute atomic E-state index is 15.4. The summed E-state index contributed by atoms with van der Waals surface area (Å²) in [6.07, 6.45) is 6.06. The molecule has 0 spiro atoms. The third-order valence-electron chi connectivity index (χ3n) is 9.87. The van der Waals surface area contributed by atoms with Gasteiger partial charge >= 0.3 is 0 Å². The van der Waals surface area contributed by atoms with Gasteiger partial charge in [-0.25, -0.2) is 13.8 Å². The summed E-state index contributed by atoms with van der Waals surface area (Å²) >= 11 is 0. The Labute approximate surface area is 293 Å². The van der Waals surface area contributed by atoms with Crippen LogP contribution in [0.5, 0.6) is 5.75 Å². The number of aromatic nitrogens is 3. The van der Waals surface area contributed by atoms with Crippen LogP contribution in [0.4, 0.5) is 20.2 Å². The van der Waals surface area contributed by atoms with Crippen molar-refractivity contribution in [2.75, 3.05) is 57.8 Å². The number of benzene rings is 2. The van der Waals surface area contributed by atoms with E-state index in [0.717, 1.165) is 63.3 Å². The van der Waals surface area contributed by atoms with Crippen LogP contribution < -0.4 is 20.3 Å². The van der Waals surface area contributed by atoms with E-state index in [1.165, 1.54) is 6.08 Å². The third kappa shape index (κ3) is 6.04. The second kappa shape index (κ2) is 13.9. The molecule has 2 aromatic carbocycles. The number of pyridine rings is 1. The highest BCUT2D eigenvalue weighted by atomic mass is 19.1. The SMILES string of the molecule is COCc1nc2c3c(c(OC)cc2n1C)-c1cccn2c(C(=O)c4cc(F)c(NC(=O)/C=C/CN[C@H]5CCOC5)c(F)c4)c(C)c(c12)CCN3C. The molecule has 1 fully saturated rings. The lowest BCUT2D eigenvalue weighted by Gasteiger charge is -2.27. The fraction of sp³-hybridized carbons (Fsp3) is 0.342. The number of rotatable bonds is 10. The first-order chi connectivity index (χ1) is 24.6. The molecule has 5 heterocycles. The number of ketones is 1. The minimum Gasteiger partial charge on any atom is -0.496 e. The molecular formula is C38H40F2N6O5. The second-order valence-electron chi connectivity index (χ2n) is 13.0. The molecule has 5 aromatic rings. The van der Waals surface area contributed by atoms with Gasteiger partial charge in [0.2, 0.25) is 11.7 Å². The molecule has 3 aromatic heterocycles. The number of aryl methyl sites for hydroxylation is 1. The first kappa shape index (κ1) is 34.3. The highest BCUT2D eigenvalue weighted by Crippen LogP contribution is 2.48. The van der Waals surface area contributed by atoms with Crippen LogP contribution >= 0.6 is 0 Å². The lowest BCUT2D eigenvalue weighted by Crippen LogP contribution is -2.29. The molecule has 2 N–H and O–H groups in total. The Bertz CT molecular complexity index is 2190. The molecular weight excluding hydrogens is 658 g/mol. The number of fused-ring (bicyclic) bond motifs is 4. The van der Waals surface area contributed by atoms with Crippen molar-refractivity contribution < 1.29 is 32.6 Å². The molecule has 0 bridgehead atoms. The molecule has 1 amide bonds. The smallest absolute Gasteiger partial charge is 0.248 e. The van der Waals surface area contributed by atoms with E-state index in [1.54, 1.807) is 30.9 Å². The summed E-state index contributed by atoms with van der Waals surface area (Å²) in [6, 6.07) is 7.94. The quantitative estimate of drug-likeness (QED) is 0.149. The van der Waals surface area contributed by atoms with Crippen LogP contribution in [0, 0.1) is 18.6 Å². The van der Waals surface area contributed by atoms with Gasteiger partial charge in [0, 0.05) is 76.4 Å². The fourth-order valence-corrected chi connectivity index (χ4v) is 7.29.